The summed E-state index contributed by atoms with van der Waals surface area (Å²) in [6.45, 7) is -1.64. The summed E-state index contributed by atoms with van der Waals surface area (Å²) in [5.41, 5.74) is -0.377. The Kier molecular flexibility index (Phi) is 6.90. The van der Waals surface area contributed by atoms with Crippen LogP contribution in [0, 0.1) is 0 Å². The summed E-state index contributed by atoms with van der Waals surface area (Å²) in [6, 6.07) is 0. The molecule has 1 fully saturated rings. The number of hydrogen-bond donors (Lipinski definition) is 8. The fourth-order valence-corrected chi connectivity index (χ4v) is 6.05. The molecule has 2 aromatic heterocycles. The summed E-state index contributed by atoms with van der Waals surface area (Å²) in [5, 5.41) is 29.7. The summed E-state index contributed by atoms with van der Waals surface area (Å²) in [4.78, 5) is 47.5. The van der Waals surface area contributed by atoms with Crippen LogP contribution in [0.3, 0.4) is 0 Å². The average molecular weight is 523 g/mol. The van der Waals surface area contributed by atoms with E-state index in [2.05, 4.69) is 28.1 Å². The summed E-state index contributed by atoms with van der Waals surface area (Å²) < 4.78 is 52.4. The van der Waals surface area contributed by atoms with Crippen molar-refractivity contribution in [2.45, 2.75) is 17.9 Å². The number of nitrogens with one attached hydrogen (secondary N) is 1. The molecular formula is C10H16N5O14P3. The van der Waals surface area contributed by atoms with Gasteiger partial charge in [0, 0.05) is 0 Å². The molecule has 1 saturated heterocycles. The zero-order valence-corrected chi connectivity index (χ0v) is 18.0. The van der Waals surface area contributed by atoms with E-state index in [0.29, 0.717) is 0 Å². The third-order valence-corrected chi connectivity index (χ3v) is 7.93. The Hall–Kier alpha value is -1.40. The molecule has 2 unspecified atom stereocenters. The topological polar surface area (TPSA) is 285 Å². The van der Waals surface area contributed by atoms with Crippen LogP contribution in [0.5, 0.6) is 0 Å². The Morgan fingerprint density at radius 3 is 2.44 bits per heavy atom. The zero-order valence-electron chi connectivity index (χ0n) is 15.3. The number of aliphatic hydroxyl groups excluding tert-OH is 2. The molecule has 0 amide bonds. The molecule has 32 heavy (non-hydrogen) atoms. The number of nitrogens with zero attached hydrogens (tertiary/aromatic N) is 4. The Balaban J connectivity index is 1.85. The standard InChI is InChI=1S/C10H16N5O14P3/c16-2-10(15-4-13-6-8(14-18)11-3-12-9(6)15)7(17)5(1-26-10)27-31(22,23)29-32(24,25)28-30(19,20)21/h3-5,7,16-18H,1-2H2,(H,22,23)(H,24,25)(H,11,12,14)(H2,19,20,21)/t5-,7+,10+/m1/s1. The Bertz CT molecular complexity index is 1140. The van der Waals surface area contributed by atoms with Crippen LogP contribution in [0.2, 0.25) is 0 Å². The number of rotatable bonds is 9. The fraction of sp³-hybridized carbons (Fsp3) is 0.500. The predicted molar refractivity (Wildman–Crippen MR) is 96.5 cm³/mol. The highest BCUT2D eigenvalue weighted by Crippen LogP contribution is 2.66. The molecule has 8 N–H and O–H groups in total. The number of aromatic nitrogens is 4. The summed E-state index contributed by atoms with van der Waals surface area (Å²) >= 11 is 0. The van der Waals surface area contributed by atoms with Crippen molar-refractivity contribution >= 4 is 40.4 Å². The smallest absolute Gasteiger partial charge is 0.391 e. The van der Waals surface area contributed by atoms with E-state index in [4.69, 9.17) is 19.7 Å². The van der Waals surface area contributed by atoms with Crippen LogP contribution in [0.15, 0.2) is 12.7 Å². The van der Waals surface area contributed by atoms with Crippen LogP contribution in [-0.4, -0.2) is 79.9 Å². The molecule has 2 aromatic rings. The van der Waals surface area contributed by atoms with Crippen LogP contribution in [-0.2, 0) is 37.3 Å². The molecule has 0 radical (unpaired) electrons. The number of anilines is 1. The maximum absolute atomic E-state index is 12.0. The van der Waals surface area contributed by atoms with E-state index in [1.54, 1.807) is 5.48 Å². The quantitative estimate of drug-likeness (QED) is 0.135. The highest BCUT2D eigenvalue weighted by Gasteiger charge is 2.55. The fourth-order valence-electron chi connectivity index (χ4n) is 2.87. The molecule has 5 atom stereocenters. The van der Waals surface area contributed by atoms with Crippen molar-refractivity contribution in [1.29, 1.82) is 0 Å². The van der Waals surface area contributed by atoms with E-state index in [1.807, 2.05) is 0 Å². The average Bonchev–Trinajstić information content (AvgIpc) is 3.21. The number of fused-ring (bicyclic) bond motifs is 1. The van der Waals surface area contributed by atoms with Gasteiger partial charge in [-0.15, -0.1) is 0 Å². The van der Waals surface area contributed by atoms with Gasteiger partial charge in [-0.2, -0.15) is 8.62 Å². The van der Waals surface area contributed by atoms with E-state index in [0.717, 1.165) is 17.2 Å². The molecule has 0 aliphatic carbocycles. The summed E-state index contributed by atoms with van der Waals surface area (Å²) in [6.07, 6.45) is -1.67. The number of phosphoric acid groups is 3. The first-order valence-corrected chi connectivity index (χ1v) is 12.6. The molecule has 180 valence electrons. The lowest BCUT2D eigenvalue weighted by atomic mass is 10.1. The third kappa shape index (κ3) is 5.06. The molecular weight excluding hydrogens is 507 g/mol. The maximum atomic E-state index is 12.0. The minimum Gasteiger partial charge on any atom is -0.391 e. The number of aliphatic hydroxyl groups is 2. The van der Waals surface area contributed by atoms with Crippen LogP contribution in [0.4, 0.5) is 5.82 Å². The molecule has 19 nitrogen and oxygen atoms in total. The minimum atomic E-state index is -5.78. The molecule has 3 heterocycles. The van der Waals surface area contributed by atoms with Gasteiger partial charge in [0.05, 0.1) is 19.5 Å². The van der Waals surface area contributed by atoms with Crippen molar-refractivity contribution in [2.24, 2.45) is 0 Å². The van der Waals surface area contributed by atoms with Crippen molar-refractivity contribution in [2.75, 3.05) is 18.7 Å². The van der Waals surface area contributed by atoms with Gasteiger partial charge in [-0.1, -0.05) is 0 Å². The minimum absolute atomic E-state index is 0.00467. The zero-order chi connectivity index (χ0) is 23.9. The van der Waals surface area contributed by atoms with E-state index >= 15 is 0 Å². The van der Waals surface area contributed by atoms with Crippen molar-refractivity contribution in [3.05, 3.63) is 12.7 Å². The van der Waals surface area contributed by atoms with Gasteiger partial charge in [0.15, 0.2) is 22.7 Å². The number of imidazole rings is 1. The van der Waals surface area contributed by atoms with Crippen LogP contribution in [0.1, 0.15) is 0 Å². The van der Waals surface area contributed by atoms with Gasteiger partial charge in [-0.25, -0.2) is 28.6 Å². The first-order chi connectivity index (χ1) is 14.7. The first kappa shape index (κ1) is 25.2. The van der Waals surface area contributed by atoms with Gasteiger partial charge in [0.1, 0.15) is 18.5 Å². The molecule has 22 heteroatoms. The SMILES string of the molecule is O=P(O)(O)OP(=O)(O)OP(=O)(O)O[C@@H]1CO[C@](CO)(n2cnc3c(NO)ncnc32)[C@H]1O. The Morgan fingerprint density at radius 2 is 1.84 bits per heavy atom. The van der Waals surface area contributed by atoms with E-state index < -0.39 is 54.6 Å². The second-order valence-corrected chi connectivity index (χ2v) is 10.5. The number of hydrogen-bond acceptors (Lipinski definition) is 14. The molecule has 0 aromatic carbocycles. The van der Waals surface area contributed by atoms with Crippen molar-refractivity contribution in [1.82, 2.24) is 19.5 Å². The second kappa shape index (κ2) is 8.75. The number of ether oxygens (including phenoxy) is 1. The lowest BCUT2D eigenvalue weighted by Gasteiger charge is -2.32. The maximum Gasteiger partial charge on any atom is 0.490 e. The van der Waals surface area contributed by atoms with Crippen LogP contribution >= 0.6 is 23.5 Å². The van der Waals surface area contributed by atoms with Crippen LogP contribution in [0.25, 0.3) is 11.2 Å². The Morgan fingerprint density at radius 1 is 1.16 bits per heavy atom. The first-order valence-electron chi connectivity index (χ1n) is 8.07. The molecule has 3 rings (SSSR count). The monoisotopic (exact) mass is 523 g/mol. The molecule has 1 aliphatic rings. The lowest BCUT2D eigenvalue weighted by molar-refractivity contribution is -0.149. The van der Waals surface area contributed by atoms with Crippen molar-refractivity contribution in [3.8, 4) is 0 Å². The third-order valence-electron chi connectivity index (χ3n) is 4.07. The van der Waals surface area contributed by atoms with Gasteiger partial charge in [0.2, 0.25) is 0 Å². The van der Waals surface area contributed by atoms with Crippen molar-refractivity contribution < 1.29 is 66.6 Å². The van der Waals surface area contributed by atoms with Gasteiger partial charge >= 0.3 is 23.5 Å². The normalized spacial score (nSPS) is 27.8. The van der Waals surface area contributed by atoms with Gasteiger partial charge < -0.3 is 34.5 Å². The van der Waals surface area contributed by atoms with Gasteiger partial charge in [-0.3, -0.25) is 19.8 Å². The second-order valence-electron chi connectivity index (χ2n) is 6.11. The van der Waals surface area contributed by atoms with Gasteiger partial charge in [-0.05, 0) is 0 Å². The molecule has 1 aliphatic heterocycles. The summed E-state index contributed by atoms with van der Waals surface area (Å²) in [5.74, 6) is -0.126. The highest BCUT2D eigenvalue weighted by molar-refractivity contribution is 7.66. The molecule has 0 bridgehead atoms. The Labute approximate surface area is 176 Å². The molecule has 0 saturated carbocycles. The van der Waals surface area contributed by atoms with E-state index in [9.17, 15) is 33.7 Å². The number of phosphoric ester groups is 1. The largest absolute Gasteiger partial charge is 0.490 e. The molecule has 0 spiro atoms. The van der Waals surface area contributed by atoms with Gasteiger partial charge in [0.25, 0.3) is 0 Å². The van der Waals surface area contributed by atoms with Crippen molar-refractivity contribution in [3.63, 3.8) is 0 Å². The summed E-state index contributed by atoms with van der Waals surface area (Å²) in [7, 11) is -17.0. The lowest BCUT2D eigenvalue weighted by Crippen LogP contribution is -2.48. The van der Waals surface area contributed by atoms with E-state index in [-0.39, 0.29) is 17.0 Å². The van der Waals surface area contributed by atoms with Crippen LogP contribution < -0.4 is 5.48 Å². The highest BCUT2D eigenvalue weighted by atomic mass is 31.3. The van der Waals surface area contributed by atoms with E-state index in [1.165, 1.54) is 0 Å². The predicted octanol–water partition coefficient (Wildman–Crippen LogP) is -1.62.